The van der Waals surface area contributed by atoms with Crippen LogP contribution in [0, 0.1) is 5.92 Å². The summed E-state index contributed by atoms with van der Waals surface area (Å²) in [5, 5.41) is 2.90. The fourth-order valence-corrected chi connectivity index (χ4v) is 5.95. The molecule has 0 aromatic heterocycles. The zero-order valence-corrected chi connectivity index (χ0v) is 20.3. The number of anilines is 2. The van der Waals surface area contributed by atoms with Gasteiger partial charge in [0.25, 0.3) is 0 Å². The largest absolute Gasteiger partial charge is 0.494 e. The molecule has 184 valence electrons. The summed E-state index contributed by atoms with van der Waals surface area (Å²) < 4.78 is 46.3. The number of amides is 1. The molecule has 9 nitrogen and oxygen atoms in total. The first kappa shape index (κ1) is 24.2. The Labute approximate surface area is 200 Å². The van der Waals surface area contributed by atoms with E-state index in [9.17, 15) is 13.2 Å². The van der Waals surface area contributed by atoms with Crippen molar-refractivity contribution in [1.82, 2.24) is 4.31 Å². The summed E-state index contributed by atoms with van der Waals surface area (Å²) in [4.78, 5) is 13.0. The first-order valence-corrected chi connectivity index (χ1v) is 13.0. The molecule has 0 radical (unpaired) electrons. The van der Waals surface area contributed by atoms with Gasteiger partial charge in [-0.15, -0.1) is 0 Å². The summed E-state index contributed by atoms with van der Waals surface area (Å²) in [6.07, 6.45) is 1.23. The fourth-order valence-electron chi connectivity index (χ4n) is 4.23. The lowest BCUT2D eigenvalue weighted by atomic mass is 9.98. The van der Waals surface area contributed by atoms with Gasteiger partial charge in [0.1, 0.15) is 19.0 Å². The van der Waals surface area contributed by atoms with Crippen LogP contribution in [0.3, 0.4) is 0 Å². The van der Waals surface area contributed by atoms with Crippen LogP contribution in [0.2, 0.25) is 0 Å². The molecule has 10 heteroatoms. The smallest absolute Gasteiger partial charge is 0.304 e. The van der Waals surface area contributed by atoms with E-state index in [-0.39, 0.29) is 19.0 Å². The molecular formula is C24H31N3O6S. The monoisotopic (exact) mass is 489 g/mol. The standard InChI is InChI=1S/C24H31N3O6S/c1-3-27(20-8-10-21(11-9-20)31-4-2)34(29,30)26-13-5-6-18(17-26)24(28)25-19-7-12-22-23(16-19)33-15-14-32-22/h7-12,16,18H,3-6,13-15,17H2,1-2H3,(H,25,28)/t18-/m0/s1. The fraction of sp³-hybridized carbons (Fsp3) is 0.458. The van der Waals surface area contributed by atoms with Crippen molar-refractivity contribution >= 4 is 27.5 Å². The Morgan fingerprint density at radius 3 is 2.56 bits per heavy atom. The Morgan fingerprint density at radius 1 is 1.12 bits per heavy atom. The van der Waals surface area contributed by atoms with Crippen LogP contribution in [-0.4, -0.2) is 58.1 Å². The predicted molar refractivity (Wildman–Crippen MR) is 130 cm³/mol. The van der Waals surface area contributed by atoms with Crippen molar-refractivity contribution in [3.63, 3.8) is 0 Å². The van der Waals surface area contributed by atoms with Gasteiger partial charge in [0.2, 0.25) is 5.91 Å². The van der Waals surface area contributed by atoms with Gasteiger partial charge in [0.15, 0.2) is 11.5 Å². The summed E-state index contributed by atoms with van der Waals surface area (Å²) in [5.41, 5.74) is 1.16. The number of hydrogen-bond acceptors (Lipinski definition) is 6. The second kappa shape index (κ2) is 10.5. The summed E-state index contributed by atoms with van der Waals surface area (Å²) in [6.45, 7) is 5.98. The lowest BCUT2D eigenvalue weighted by molar-refractivity contribution is -0.120. The highest BCUT2D eigenvalue weighted by molar-refractivity contribution is 7.90. The maximum absolute atomic E-state index is 13.5. The Bertz CT molecular complexity index is 1110. The minimum absolute atomic E-state index is 0.131. The summed E-state index contributed by atoms with van der Waals surface area (Å²) in [5.74, 6) is 1.27. The van der Waals surface area contributed by atoms with E-state index in [1.165, 1.54) is 8.61 Å². The number of fused-ring (bicyclic) bond motifs is 1. The Kier molecular flexibility index (Phi) is 7.47. The average Bonchev–Trinajstić information content (AvgIpc) is 2.85. The van der Waals surface area contributed by atoms with Crippen LogP contribution < -0.4 is 23.8 Å². The Hall–Kier alpha value is -2.98. The minimum Gasteiger partial charge on any atom is -0.494 e. The molecule has 1 amide bonds. The van der Waals surface area contributed by atoms with Gasteiger partial charge in [-0.1, -0.05) is 0 Å². The molecule has 1 saturated heterocycles. The van der Waals surface area contributed by atoms with E-state index in [1.807, 2.05) is 6.92 Å². The Morgan fingerprint density at radius 2 is 1.85 bits per heavy atom. The molecule has 0 spiro atoms. The number of piperidine rings is 1. The topological polar surface area (TPSA) is 97.4 Å². The van der Waals surface area contributed by atoms with Crippen LogP contribution in [0.5, 0.6) is 17.2 Å². The van der Waals surface area contributed by atoms with Crippen molar-refractivity contribution in [1.29, 1.82) is 0 Å². The molecule has 1 atom stereocenters. The van der Waals surface area contributed by atoms with Gasteiger partial charge in [0.05, 0.1) is 18.2 Å². The van der Waals surface area contributed by atoms with Gasteiger partial charge in [-0.05, 0) is 63.1 Å². The van der Waals surface area contributed by atoms with E-state index in [0.717, 1.165) is 0 Å². The quantitative estimate of drug-likeness (QED) is 0.611. The third-order valence-corrected chi connectivity index (χ3v) is 7.90. The van der Waals surface area contributed by atoms with Crippen LogP contribution in [0.4, 0.5) is 11.4 Å². The van der Waals surface area contributed by atoms with Crippen molar-refractivity contribution in [2.24, 2.45) is 5.92 Å². The molecular weight excluding hydrogens is 458 g/mol. The van der Waals surface area contributed by atoms with Crippen LogP contribution in [0.25, 0.3) is 0 Å². The van der Waals surface area contributed by atoms with Crippen LogP contribution in [0.1, 0.15) is 26.7 Å². The molecule has 0 unspecified atom stereocenters. The van der Waals surface area contributed by atoms with Gasteiger partial charge in [-0.25, -0.2) is 0 Å². The molecule has 2 aromatic rings. The number of benzene rings is 2. The van der Waals surface area contributed by atoms with E-state index in [2.05, 4.69) is 5.32 Å². The zero-order valence-electron chi connectivity index (χ0n) is 19.5. The molecule has 1 N–H and O–H groups in total. The molecule has 1 fully saturated rings. The van der Waals surface area contributed by atoms with Gasteiger partial charge in [-0.2, -0.15) is 12.7 Å². The van der Waals surface area contributed by atoms with E-state index >= 15 is 0 Å². The van der Waals surface area contributed by atoms with Crippen molar-refractivity contribution in [3.05, 3.63) is 42.5 Å². The van der Waals surface area contributed by atoms with Crippen LogP contribution in [-0.2, 0) is 15.0 Å². The highest BCUT2D eigenvalue weighted by Gasteiger charge is 2.35. The van der Waals surface area contributed by atoms with Gasteiger partial charge >= 0.3 is 10.2 Å². The lowest BCUT2D eigenvalue weighted by Gasteiger charge is -2.35. The van der Waals surface area contributed by atoms with Crippen molar-refractivity contribution in [2.45, 2.75) is 26.7 Å². The zero-order chi connectivity index (χ0) is 24.1. The first-order valence-electron chi connectivity index (χ1n) is 11.6. The normalized spacial score (nSPS) is 18.2. The van der Waals surface area contributed by atoms with Gasteiger partial charge in [-0.3, -0.25) is 9.10 Å². The van der Waals surface area contributed by atoms with Crippen molar-refractivity contribution in [2.75, 3.05) is 49.1 Å². The average molecular weight is 490 g/mol. The van der Waals surface area contributed by atoms with Crippen molar-refractivity contribution < 1.29 is 27.4 Å². The van der Waals surface area contributed by atoms with Crippen molar-refractivity contribution in [3.8, 4) is 17.2 Å². The second-order valence-electron chi connectivity index (χ2n) is 8.14. The SMILES string of the molecule is CCOc1ccc(N(CC)S(=O)(=O)N2CCC[C@H](C(=O)Nc3ccc4c(c3)OCCO4)C2)cc1. The third kappa shape index (κ3) is 5.23. The highest BCUT2D eigenvalue weighted by Crippen LogP contribution is 2.33. The predicted octanol–water partition coefficient (Wildman–Crippen LogP) is 3.28. The molecule has 0 bridgehead atoms. The molecule has 2 aliphatic rings. The van der Waals surface area contributed by atoms with E-state index < -0.39 is 16.1 Å². The number of nitrogens with zero attached hydrogens (tertiary/aromatic N) is 2. The number of ether oxygens (including phenoxy) is 3. The van der Waals surface area contributed by atoms with E-state index in [1.54, 1.807) is 49.4 Å². The molecule has 34 heavy (non-hydrogen) atoms. The molecule has 0 saturated carbocycles. The number of nitrogens with one attached hydrogen (secondary N) is 1. The van der Waals surface area contributed by atoms with Crippen LogP contribution >= 0.6 is 0 Å². The minimum atomic E-state index is -3.79. The third-order valence-electron chi connectivity index (χ3n) is 5.89. The van der Waals surface area contributed by atoms with E-state index in [4.69, 9.17) is 14.2 Å². The van der Waals surface area contributed by atoms with Crippen LogP contribution in [0.15, 0.2) is 42.5 Å². The number of carbonyl (C=O) groups is 1. The number of carbonyl (C=O) groups excluding carboxylic acids is 1. The molecule has 4 rings (SSSR count). The summed E-state index contributed by atoms with van der Waals surface area (Å²) >= 11 is 0. The first-order chi connectivity index (χ1) is 16.4. The number of hydrogen-bond donors (Lipinski definition) is 1. The molecule has 0 aliphatic carbocycles. The maximum Gasteiger partial charge on any atom is 0.304 e. The van der Waals surface area contributed by atoms with E-state index in [0.29, 0.717) is 67.8 Å². The highest BCUT2D eigenvalue weighted by atomic mass is 32.2. The number of rotatable bonds is 8. The second-order valence-corrected chi connectivity index (χ2v) is 10.00. The Balaban J connectivity index is 1.44. The molecule has 2 aromatic carbocycles. The van der Waals surface area contributed by atoms with Gasteiger partial charge < -0.3 is 19.5 Å². The summed E-state index contributed by atoms with van der Waals surface area (Å²) in [7, 11) is -3.79. The maximum atomic E-state index is 13.5. The van der Waals surface area contributed by atoms with Gasteiger partial charge in [0, 0.05) is 31.4 Å². The molecule has 2 heterocycles. The lowest BCUT2D eigenvalue weighted by Crippen LogP contribution is -2.50. The molecule has 2 aliphatic heterocycles. The summed E-state index contributed by atoms with van der Waals surface area (Å²) in [6, 6.07) is 12.2.